The second kappa shape index (κ2) is 16.0. The standard InChI is InChI=1S/C19H23NO2.C13H19N/c1-6-8-11-15(3)14-20(7-2)16(4)17-12-9-10-13-18(17)19(21)22-5;1-10(2)12-5-7-13(8-6-12)11(3)9-14-4/h6-13H,2,4,14H2,1,3,5H3;5-10,14H,1-4H3/b8-6-,15-11+;11-9+. The van der Waals surface area contributed by atoms with Crippen LogP contribution in [0.15, 0.2) is 97.9 Å². The number of esters is 1. The molecule has 0 heterocycles. The summed E-state index contributed by atoms with van der Waals surface area (Å²) in [6, 6.07) is 16.0. The molecule has 0 radical (unpaired) electrons. The Balaban J connectivity index is 0.000000397. The lowest BCUT2D eigenvalue weighted by atomic mass is 10.00. The van der Waals surface area contributed by atoms with Crippen molar-refractivity contribution >= 4 is 17.2 Å². The zero-order valence-corrected chi connectivity index (χ0v) is 23.0. The Hall–Kier alpha value is -3.79. The van der Waals surface area contributed by atoms with Crippen molar-refractivity contribution in [3.63, 3.8) is 0 Å². The van der Waals surface area contributed by atoms with E-state index in [1.54, 1.807) is 18.3 Å². The van der Waals surface area contributed by atoms with Gasteiger partial charge in [-0.1, -0.05) is 93.3 Å². The predicted molar refractivity (Wildman–Crippen MR) is 156 cm³/mol. The average molecular weight is 487 g/mol. The van der Waals surface area contributed by atoms with Gasteiger partial charge in [-0.25, -0.2) is 4.79 Å². The highest BCUT2D eigenvalue weighted by Gasteiger charge is 2.16. The van der Waals surface area contributed by atoms with Gasteiger partial charge >= 0.3 is 5.97 Å². The minimum Gasteiger partial charge on any atom is -0.465 e. The Labute approximate surface area is 218 Å². The zero-order chi connectivity index (χ0) is 27.1. The number of carbonyl (C=O) groups is 1. The summed E-state index contributed by atoms with van der Waals surface area (Å²) >= 11 is 0. The average Bonchev–Trinajstić information content (AvgIpc) is 2.90. The summed E-state index contributed by atoms with van der Waals surface area (Å²) < 4.78 is 4.83. The smallest absolute Gasteiger partial charge is 0.338 e. The number of methoxy groups -OCH3 is 1. The molecular formula is C32H42N2O2. The Morgan fingerprint density at radius 3 is 2.19 bits per heavy atom. The summed E-state index contributed by atoms with van der Waals surface area (Å²) in [5.41, 5.74) is 7.06. The molecule has 0 unspecified atom stereocenters. The number of nitrogens with zero attached hydrogens (tertiary/aromatic N) is 1. The van der Waals surface area contributed by atoms with E-state index >= 15 is 0 Å². The Morgan fingerprint density at radius 1 is 1.08 bits per heavy atom. The third-order valence-corrected chi connectivity index (χ3v) is 5.60. The van der Waals surface area contributed by atoms with Crippen molar-refractivity contribution in [2.45, 2.75) is 40.5 Å². The van der Waals surface area contributed by atoms with Crippen LogP contribution in [0.2, 0.25) is 0 Å². The fraction of sp³-hybridized carbons (Fsp3) is 0.281. The van der Waals surface area contributed by atoms with Crippen LogP contribution in [0.4, 0.5) is 0 Å². The lowest BCUT2D eigenvalue weighted by molar-refractivity contribution is 0.0600. The van der Waals surface area contributed by atoms with Crippen LogP contribution in [-0.2, 0) is 4.74 Å². The SMILES string of the molecule is C=CN(C/C(C)=C/C=C\C)C(=C)c1ccccc1C(=O)OC.CN/C=C(\C)c1ccc(C(C)C)cc1. The molecule has 0 aliphatic heterocycles. The maximum absolute atomic E-state index is 11.9. The number of benzene rings is 2. The van der Waals surface area contributed by atoms with Crippen molar-refractivity contribution in [3.8, 4) is 0 Å². The minimum atomic E-state index is -0.373. The number of ether oxygens (including phenoxy) is 1. The van der Waals surface area contributed by atoms with Gasteiger partial charge in [0, 0.05) is 24.9 Å². The fourth-order valence-corrected chi connectivity index (χ4v) is 3.46. The molecule has 2 aromatic rings. The monoisotopic (exact) mass is 486 g/mol. The Morgan fingerprint density at radius 2 is 1.69 bits per heavy atom. The van der Waals surface area contributed by atoms with Gasteiger partial charge in [0.25, 0.3) is 0 Å². The molecule has 0 aromatic heterocycles. The molecule has 0 saturated carbocycles. The summed E-state index contributed by atoms with van der Waals surface area (Å²) in [6.07, 6.45) is 9.73. The molecular weight excluding hydrogens is 444 g/mol. The van der Waals surface area contributed by atoms with E-state index in [2.05, 4.69) is 63.5 Å². The number of rotatable bonds is 10. The topological polar surface area (TPSA) is 41.6 Å². The lowest BCUT2D eigenvalue weighted by Crippen LogP contribution is -2.19. The first-order chi connectivity index (χ1) is 17.2. The molecule has 0 saturated heterocycles. The summed E-state index contributed by atoms with van der Waals surface area (Å²) in [4.78, 5) is 13.8. The van der Waals surface area contributed by atoms with Crippen LogP contribution in [0.5, 0.6) is 0 Å². The van der Waals surface area contributed by atoms with Gasteiger partial charge in [0.2, 0.25) is 0 Å². The second-order valence-electron chi connectivity index (χ2n) is 8.73. The third kappa shape index (κ3) is 9.46. The van der Waals surface area contributed by atoms with Crippen LogP contribution in [0, 0.1) is 0 Å². The lowest BCUT2D eigenvalue weighted by Gasteiger charge is -2.24. The fourth-order valence-electron chi connectivity index (χ4n) is 3.46. The maximum Gasteiger partial charge on any atom is 0.338 e. The van der Waals surface area contributed by atoms with Crippen molar-refractivity contribution < 1.29 is 9.53 Å². The highest BCUT2D eigenvalue weighted by atomic mass is 16.5. The van der Waals surface area contributed by atoms with E-state index < -0.39 is 0 Å². The number of carbonyl (C=O) groups excluding carboxylic acids is 1. The van der Waals surface area contributed by atoms with Crippen molar-refractivity contribution in [1.82, 2.24) is 10.2 Å². The molecule has 0 fully saturated rings. The van der Waals surface area contributed by atoms with Crippen LogP contribution in [0.1, 0.15) is 67.6 Å². The third-order valence-electron chi connectivity index (χ3n) is 5.60. The van der Waals surface area contributed by atoms with Crippen LogP contribution >= 0.6 is 0 Å². The molecule has 2 rings (SSSR count). The number of nitrogens with one attached hydrogen (secondary N) is 1. The van der Waals surface area contributed by atoms with Crippen molar-refractivity contribution in [2.24, 2.45) is 0 Å². The second-order valence-corrected chi connectivity index (χ2v) is 8.73. The van der Waals surface area contributed by atoms with E-state index in [0.29, 0.717) is 23.7 Å². The van der Waals surface area contributed by atoms with E-state index in [9.17, 15) is 4.79 Å². The van der Waals surface area contributed by atoms with Crippen molar-refractivity contribution in [1.29, 1.82) is 0 Å². The summed E-state index contributed by atoms with van der Waals surface area (Å²) in [6.45, 7) is 19.2. The minimum absolute atomic E-state index is 0.373. The largest absolute Gasteiger partial charge is 0.465 e. The van der Waals surface area contributed by atoms with Gasteiger partial charge in [0.1, 0.15) is 0 Å². The molecule has 1 N–H and O–H groups in total. The highest BCUT2D eigenvalue weighted by molar-refractivity contribution is 5.95. The number of hydrogen-bond donors (Lipinski definition) is 1. The quantitative estimate of drug-likeness (QED) is 0.275. The normalized spacial score (nSPS) is 11.6. The van der Waals surface area contributed by atoms with Gasteiger partial charge in [0.15, 0.2) is 0 Å². The van der Waals surface area contributed by atoms with Gasteiger partial charge in [-0.05, 0) is 61.9 Å². The van der Waals surface area contributed by atoms with Gasteiger partial charge in [-0.3, -0.25) is 0 Å². The molecule has 0 amide bonds. The van der Waals surface area contributed by atoms with E-state index in [0.717, 1.165) is 11.1 Å². The zero-order valence-electron chi connectivity index (χ0n) is 23.0. The van der Waals surface area contributed by atoms with Crippen LogP contribution in [-0.4, -0.2) is 31.6 Å². The van der Waals surface area contributed by atoms with Crippen LogP contribution < -0.4 is 5.32 Å². The van der Waals surface area contributed by atoms with Crippen LogP contribution in [0.25, 0.3) is 11.3 Å². The molecule has 0 atom stereocenters. The van der Waals surface area contributed by atoms with Gasteiger partial charge < -0.3 is 15.0 Å². The Bertz CT molecular complexity index is 1090. The van der Waals surface area contributed by atoms with E-state index in [4.69, 9.17) is 4.74 Å². The van der Waals surface area contributed by atoms with Gasteiger partial charge in [-0.2, -0.15) is 0 Å². The first-order valence-corrected chi connectivity index (χ1v) is 12.2. The molecule has 36 heavy (non-hydrogen) atoms. The molecule has 0 bridgehead atoms. The molecule has 2 aromatic carbocycles. The van der Waals surface area contributed by atoms with E-state index in [1.807, 2.05) is 62.4 Å². The number of allylic oxidation sites excluding steroid dienone is 4. The summed E-state index contributed by atoms with van der Waals surface area (Å²) in [5, 5.41) is 3.04. The molecule has 0 spiro atoms. The molecule has 4 nitrogen and oxygen atoms in total. The van der Waals surface area contributed by atoms with Crippen molar-refractivity contribution in [3.05, 3.63) is 120 Å². The van der Waals surface area contributed by atoms with Crippen LogP contribution in [0.3, 0.4) is 0 Å². The molecule has 0 aliphatic rings. The molecule has 0 aliphatic carbocycles. The molecule has 192 valence electrons. The van der Waals surface area contributed by atoms with E-state index in [1.165, 1.54) is 23.8 Å². The van der Waals surface area contributed by atoms with Crippen molar-refractivity contribution in [2.75, 3.05) is 20.7 Å². The Kier molecular flexibility index (Phi) is 13.4. The summed E-state index contributed by atoms with van der Waals surface area (Å²) in [5.74, 6) is 0.236. The summed E-state index contributed by atoms with van der Waals surface area (Å²) in [7, 11) is 3.29. The van der Waals surface area contributed by atoms with Gasteiger partial charge in [0.05, 0.1) is 12.7 Å². The highest BCUT2D eigenvalue weighted by Crippen LogP contribution is 2.23. The first kappa shape index (κ1) is 30.2. The first-order valence-electron chi connectivity index (χ1n) is 12.2. The molecule has 4 heteroatoms. The maximum atomic E-state index is 11.9. The number of hydrogen-bond acceptors (Lipinski definition) is 4. The van der Waals surface area contributed by atoms with Gasteiger partial charge in [-0.15, -0.1) is 0 Å². The van der Waals surface area contributed by atoms with E-state index in [-0.39, 0.29) is 5.97 Å². The predicted octanol–water partition coefficient (Wildman–Crippen LogP) is 7.80.